The first-order valence-corrected chi connectivity index (χ1v) is 10.9. The Labute approximate surface area is 145 Å². The third-order valence-corrected chi connectivity index (χ3v) is 7.13. The molecule has 0 aromatic carbocycles. The van der Waals surface area contributed by atoms with Gasteiger partial charge in [0, 0.05) is 17.5 Å². The third-order valence-electron chi connectivity index (χ3n) is 4.69. The van der Waals surface area contributed by atoms with Crippen molar-refractivity contribution in [3.63, 3.8) is 0 Å². The molecule has 0 unspecified atom stereocenters. The highest BCUT2D eigenvalue weighted by atomic mass is 32.2. The lowest BCUT2D eigenvalue weighted by atomic mass is 10.1. The molecule has 6 nitrogen and oxygen atoms in total. The van der Waals surface area contributed by atoms with E-state index in [9.17, 15) is 18.0 Å². The minimum absolute atomic E-state index is 0.0215. The van der Waals surface area contributed by atoms with Crippen LogP contribution in [-0.4, -0.2) is 55.4 Å². The first-order chi connectivity index (χ1) is 11.5. The lowest BCUT2D eigenvalue weighted by molar-refractivity contribution is -0.139. The fourth-order valence-electron chi connectivity index (χ4n) is 3.55. The number of esters is 1. The van der Waals surface area contributed by atoms with Gasteiger partial charge < -0.3 is 9.64 Å². The van der Waals surface area contributed by atoms with Crippen LogP contribution >= 0.6 is 11.3 Å². The normalized spacial score (nSPS) is 23.2. The number of thiophene rings is 1. The number of carbonyl (C=O) groups excluding carboxylic acids is 2. The second kappa shape index (κ2) is 7.23. The molecule has 1 saturated heterocycles. The Morgan fingerprint density at radius 1 is 1.21 bits per heavy atom. The van der Waals surface area contributed by atoms with E-state index in [4.69, 9.17) is 4.74 Å². The maximum Gasteiger partial charge on any atom is 0.339 e. The maximum absolute atomic E-state index is 12.7. The molecule has 132 valence electrons. The van der Waals surface area contributed by atoms with Crippen LogP contribution in [0.1, 0.15) is 42.5 Å². The largest absolute Gasteiger partial charge is 0.452 e. The molecule has 0 spiro atoms. The first-order valence-electron chi connectivity index (χ1n) is 8.17. The summed E-state index contributed by atoms with van der Waals surface area (Å²) < 4.78 is 28.7. The van der Waals surface area contributed by atoms with E-state index in [2.05, 4.69) is 0 Å². The highest BCUT2D eigenvalue weighted by molar-refractivity contribution is 7.91. The summed E-state index contributed by atoms with van der Waals surface area (Å²) in [5.74, 6) is -0.654. The Hall–Kier alpha value is -1.41. The number of nitrogens with zero attached hydrogens (tertiary/aromatic N) is 1. The molecule has 0 radical (unpaired) electrons. The second-order valence-corrected chi connectivity index (χ2v) is 9.39. The van der Waals surface area contributed by atoms with Crippen molar-refractivity contribution in [2.45, 2.75) is 44.2 Å². The Kier molecular flexibility index (Phi) is 5.24. The summed E-state index contributed by atoms with van der Waals surface area (Å²) in [5, 5.41) is 3.44. The molecule has 8 heteroatoms. The van der Waals surface area contributed by atoms with E-state index in [0.717, 1.165) is 25.7 Å². The SMILES string of the molecule is O=C(OCC(=O)N(C1CCCC1)[C@@H]1CCS(=O)(=O)C1)c1ccsc1. The van der Waals surface area contributed by atoms with Crippen molar-refractivity contribution in [1.82, 2.24) is 4.90 Å². The number of ether oxygens (including phenoxy) is 1. The molecule has 1 saturated carbocycles. The van der Waals surface area contributed by atoms with E-state index in [0.29, 0.717) is 12.0 Å². The fourth-order valence-corrected chi connectivity index (χ4v) is 5.88. The van der Waals surface area contributed by atoms with E-state index in [1.54, 1.807) is 21.7 Å². The monoisotopic (exact) mass is 371 g/mol. The van der Waals surface area contributed by atoms with Crippen LogP contribution < -0.4 is 0 Å². The van der Waals surface area contributed by atoms with Crippen LogP contribution in [0.2, 0.25) is 0 Å². The van der Waals surface area contributed by atoms with Crippen molar-refractivity contribution >= 4 is 33.1 Å². The molecule has 2 fully saturated rings. The molecule has 1 amide bonds. The van der Waals surface area contributed by atoms with E-state index in [1.807, 2.05) is 0 Å². The van der Waals surface area contributed by atoms with Crippen molar-refractivity contribution in [2.24, 2.45) is 0 Å². The van der Waals surface area contributed by atoms with Gasteiger partial charge in [-0.3, -0.25) is 4.79 Å². The van der Waals surface area contributed by atoms with E-state index >= 15 is 0 Å². The highest BCUT2D eigenvalue weighted by Crippen LogP contribution is 2.29. The molecule has 0 N–H and O–H groups in total. The van der Waals surface area contributed by atoms with Gasteiger partial charge in [-0.15, -0.1) is 0 Å². The lowest BCUT2D eigenvalue weighted by Gasteiger charge is -2.33. The molecular weight excluding hydrogens is 350 g/mol. The number of carbonyl (C=O) groups is 2. The minimum Gasteiger partial charge on any atom is -0.452 e. The Morgan fingerprint density at radius 3 is 2.54 bits per heavy atom. The molecule has 2 heterocycles. The van der Waals surface area contributed by atoms with E-state index < -0.39 is 15.8 Å². The quantitative estimate of drug-likeness (QED) is 0.738. The molecule has 1 aliphatic carbocycles. The van der Waals surface area contributed by atoms with Gasteiger partial charge in [0.2, 0.25) is 0 Å². The number of sulfone groups is 1. The maximum atomic E-state index is 12.7. The predicted octanol–water partition coefficient (Wildman–Crippen LogP) is 1.86. The molecule has 1 aliphatic heterocycles. The lowest BCUT2D eigenvalue weighted by Crippen LogP contribution is -2.48. The molecule has 1 aromatic heterocycles. The summed E-state index contributed by atoms with van der Waals surface area (Å²) in [4.78, 5) is 26.2. The molecule has 24 heavy (non-hydrogen) atoms. The average Bonchev–Trinajstić information content (AvgIpc) is 3.26. The number of hydrogen-bond acceptors (Lipinski definition) is 6. The minimum atomic E-state index is -3.07. The van der Waals surface area contributed by atoms with Crippen LogP contribution in [0, 0.1) is 0 Å². The number of amides is 1. The van der Waals surface area contributed by atoms with Gasteiger partial charge in [0.1, 0.15) is 0 Å². The summed E-state index contributed by atoms with van der Waals surface area (Å²) in [6.45, 7) is -0.332. The van der Waals surface area contributed by atoms with Crippen LogP contribution in [0.3, 0.4) is 0 Å². The summed E-state index contributed by atoms with van der Waals surface area (Å²) in [7, 11) is -3.07. The standard InChI is InChI=1S/C16H21NO5S2/c18-15(9-22-16(19)12-5-7-23-10-12)17(13-3-1-2-4-13)14-6-8-24(20,21)11-14/h5,7,10,13-14H,1-4,6,8-9,11H2/t14-/m1/s1. The van der Waals surface area contributed by atoms with Gasteiger partial charge in [-0.25, -0.2) is 13.2 Å². The zero-order chi connectivity index (χ0) is 17.2. The summed E-state index contributed by atoms with van der Waals surface area (Å²) in [5.41, 5.74) is 0.434. The Morgan fingerprint density at radius 2 is 1.96 bits per heavy atom. The Bertz CT molecular complexity index is 692. The van der Waals surface area contributed by atoms with Gasteiger partial charge in [-0.2, -0.15) is 11.3 Å². The van der Waals surface area contributed by atoms with Crippen molar-refractivity contribution in [2.75, 3.05) is 18.1 Å². The fraction of sp³-hybridized carbons (Fsp3) is 0.625. The van der Waals surface area contributed by atoms with Gasteiger partial charge >= 0.3 is 5.97 Å². The van der Waals surface area contributed by atoms with E-state index in [1.165, 1.54) is 11.3 Å². The van der Waals surface area contributed by atoms with Crippen LogP contribution in [0.5, 0.6) is 0 Å². The Balaban J connectivity index is 1.66. The van der Waals surface area contributed by atoms with Crippen molar-refractivity contribution in [1.29, 1.82) is 0 Å². The van der Waals surface area contributed by atoms with Gasteiger partial charge in [-0.05, 0) is 30.7 Å². The van der Waals surface area contributed by atoms with Crippen molar-refractivity contribution in [3.8, 4) is 0 Å². The highest BCUT2D eigenvalue weighted by Gasteiger charge is 2.39. The van der Waals surface area contributed by atoms with Crippen LogP contribution in [0.15, 0.2) is 16.8 Å². The zero-order valence-corrected chi connectivity index (χ0v) is 15.0. The summed E-state index contributed by atoms with van der Waals surface area (Å²) in [6.07, 6.45) is 4.34. The van der Waals surface area contributed by atoms with Crippen LogP contribution in [0.4, 0.5) is 0 Å². The molecule has 1 aromatic rings. The topological polar surface area (TPSA) is 80.8 Å². The van der Waals surface area contributed by atoms with Crippen LogP contribution in [0.25, 0.3) is 0 Å². The second-order valence-electron chi connectivity index (χ2n) is 6.38. The van der Waals surface area contributed by atoms with Gasteiger partial charge in [0.25, 0.3) is 5.91 Å². The number of hydrogen-bond donors (Lipinski definition) is 0. The van der Waals surface area contributed by atoms with Crippen LogP contribution in [-0.2, 0) is 19.4 Å². The third kappa shape index (κ3) is 3.97. The smallest absolute Gasteiger partial charge is 0.339 e. The molecule has 0 bridgehead atoms. The molecule has 3 rings (SSSR count). The average molecular weight is 371 g/mol. The predicted molar refractivity (Wildman–Crippen MR) is 90.8 cm³/mol. The first kappa shape index (κ1) is 17.4. The van der Waals surface area contributed by atoms with Gasteiger partial charge in [0.15, 0.2) is 16.4 Å². The summed E-state index contributed by atoms with van der Waals surface area (Å²) in [6, 6.07) is 1.43. The zero-order valence-electron chi connectivity index (χ0n) is 13.3. The van der Waals surface area contributed by atoms with Crippen molar-refractivity contribution in [3.05, 3.63) is 22.4 Å². The molecule has 2 aliphatic rings. The van der Waals surface area contributed by atoms with Crippen molar-refractivity contribution < 1.29 is 22.7 Å². The van der Waals surface area contributed by atoms with Gasteiger partial charge in [-0.1, -0.05) is 12.8 Å². The molecule has 1 atom stereocenters. The summed E-state index contributed by atoms with van der Waals surface area (Å²) >= 11 is 1.39. The number of rotatable bonds is 5. The van der Waals surface area contributed by atoms with Gasteiger partial charge in [0.05, 0.1) is 17.1 Å². The molecular formula is C16H21NO5S2. The van der Waals surface area contributed by atoms with E-state index in [-0.39, 0.29) is 36.1 Å².